The van der Waals surface area contributed by atoms with Crippen LogP contribution < -0.4 is 4.72 Å². The van der Waals surface area contributed by atoms with Gasteiger partial charge in [-0.3, -0.25) is 8.93 Å². The molecular weight excluding hydrogens is 218 g/mol. The fourth-order valence-corrected chi connectivity index (χ4v) is 2.65. The smallest absolute Gasteiger partial charge is 0.0397 e. The minimum absolute atomic E-state index is 0.122. The molecule has 16 heavy (non-hydrogen) atoms. The second-order valence-electron chi connectivity index (χ2n) is 5.36. The van der Waals surface area contributed by atoms with Crippen LogP contribution >= 0.6 is 0 Å². The second-order valence-corrected chi connectivity index (χ2v) is 8.80. The Morgan fingerprint density at radius 3 is 2.12 bits per heavy atom. The van der Waals surface area contributed by atoms with Gasteiger partial charge in [0.25, 0.3) is 0 Å². The van der Waals surface area contributed by atoms with Crippen LogP contribution in [0.25, 0.3) is 0 Å². The van der Waals surface area contributed by atoms with Gasteiger partial charge >= 0.3 is 0 Å². The summed E-state index contributed by atoms with van der Waals surface area (Å²) in [5.74, 6) is 0. The summed E-state index contributed by atoms with van der Waals surface area (Å²) in [5, 5.41) is 0. The molecule has 0 saturated carbocycles. The van der Waals surface area contributed by atoms with Crippen molar-refractivity contribution >= 4 is 10.1 Å². The van der Waals surface area contributed by atoms with E-state index < -0.39 is 10.1 Å². The predicted octanol–water partition coefficient (Wildman–Crippen LogP) is 2.70. The van der Waals surface area contributed by atoms with Crippen molar-refractivity contribution in [3.8, 4) is 0 Å². The zero-order valence-corrected chi connectivity index (χ0v) is 11.7. The van der Waals surface area contributed by atoms with Crippen molar-refractivity contribution in [1.82, 2.24) is 4.72 Å². The average Bonchev–Trinajstić information content (AvgIpc) is 2.16. The predicted molar refractivity (Wildman–Crippen MR) is 73.2 cm³/mol. The van der Waals surface area contributed by atoms with Crippen molar-refractivity contribution < 1.29 is 4.21 Å². The first-order valence-electron chi connectivity index (χ1n) is 5.64. The third-order valence-corrected chi connectivity index (χ3v) is 6.46. The molecule has 1 rings (SSSR count). The Bertz CT molecular complexity index is 381. The van der Waals surface area contributed by atoms with E-state index >= 15 is 0 Å². The van der Waals surface area contributed by atoms with Gasteiger partial charge < -0.3 is 0 Å². The topological polar surface area (TPSA) is 29.1 Å². The number of thiol groups is 1. The number of hydrogen-bond donors (Lipinski definition) is 2. The summed E-state index contributed by atoms with van der Waals surface area (Å²) in [4.78, 5) is 0. The summed E-state index contributed by atoms with van der Waals surface area (Å²) < 4.78 is 15.6. The molecule has 2 nitrogen and oxygen atoms in total. The quantitative estimate of drug-likeness (QED) is 0.783. The third-order valence-electron chi connectivity index (χ3n) is 3.02. The molecule has 0 bridgehead atoms. The minimum Gasteiger partial charge on any atom is -0.271 e. The number of hydrogen-bond acceptors (Lipinski definition) is 1. The van der Waals surface area contributed by atoms with E-state index in [-0.39, 0.29) is 10.8 Å². The molecule has 0 radical (unpaired) electrons. The lowest BCUT2D eigenvalue weighted by molar-refractivity contribution is 0.602. The highest BCUT2D eigenvalue weighted by Crippen LogP contribution is 2.23. The van der Waals surface area contributed by atoms with Crippen molar-refractivity contribution in [1.29, 1.82) is 0 Å². The molecule has 0 spiro atoms. The maximum Gasteiger partial charge on any atom is 0.0397 e. The van der Waals surface area contributed by atoms with E-state index in [9.17, 15) is 4.21 Å². The van der Waals surface area contributed by atoms with Crippen LogP contribution in [0, 0.1) is 0 Å². The van der Waals surface area contributed by atoms with E-state index in [0.717, 1.165) is 0 Å². The van der Waals surface area contributed by atoms with Crippen LogP contribution in [0.2, 0.25) is 0 Å². The van der Waals surface area contributed by atoms with Crippen LogP contribution in [0.3, 0.4) is 0 Å². The molecule has 0 unspecified atom stereocenters. The number of nitrogens with one attached hydrogen (secondary N) is 1. The summed E-state index contributed by atoms with van der Waals surface area (Å²) in [6.07, 6.45) is 1.83. The van der Waals surface area contributed by atoms with Crippen molar-refractivity contribution in [2.24, 2.45) is 0 Å². The standard InChI is InChI=1S/C13H23NOS/c1-11(12-9-7-6-8-10-12)14-16(5,15)13(2,3)4/h6-11,16H,1-5H3,(H,14,15)/t11-/m1/s1. The van der Waals surface area contributed by atoms with E-state index in [4.69, 9.17) is 0 Å². The normalized spacial score (nSPS) is 15.8. The highest BCUT2D eigenvalue weighted by molar-refractivity contribution is 8.01. The van der Waals surface area contributed by atoms with E-state index in [2.05, 4.69) is 23.8 Å². The van der Waals surface area contributed by atoms with Gasteiger partial charge in [-0.05, 0) is 33.3 Å². The molecule has 1 aromatic carbocycles. The summed E-state index contributed by atoms with van der Waals surface area (Å²) in [7, 11) is -2.35. The Morgan fingerprint density at radius 2 is 1.69 bits per heavy atom. The SMILES string of the molecule is C[C@@H](N[SH](C)(=O)C(C)(C)C)c1ccccc1. The van der Waals surface area contributed by atoms with Crippen LogP contribution in [-0.2, 0) is 10.1 Å². The molecule has 1 aromatic rings. The second kappa shape index (κ2) is 4.68. The Morgan fingerprint density at radius 1 is 1.19 bits per heavy atom. The first-order valence-corrected chi connectivity index (χ1v) is 7.80. The van der Waals surface area contributed by atoms with Gasteiger partial charge in [0.15, 0.2) is 0 Å². The Kier molecular flexibility index (Phi) is 3.92. The molecule has 0 amide bonds. The highest BCUT2D eigenvalue weighted by atomic mass is 32.3. The minimum atomic E-state index is -2.35. The Labute approximate surface area is 100 Å². The first-order chi connectivity index (χ1) is 7.24. The van der Waals surface area contributed by atoms with Gasteiger partial charge in [0.1, 0.15) is 0 Å². The van der Waals surface area contributed by atoms with E-state index in [1.807, 2.05) is 45.2 Å². The van der Waals surface area contributed by atoms with E-state index in [1.54, 1.807) is 0 Å². The van der Waals surface area contributed by atoms with Crippen molar-refractivity contribution in [3.05, 3.63) is 35.9 Å². The van der Waals surface area contributed by atoms with E-state index in [1.165, 1.54) is 5.56 Å². The zero-order chi connectivity index (χ0) is 12.4. The highest BCUT2D eigenvalue weighted by Gasteiger charge is 2.27. The van der Waals surface area contributed by atoms with Crippen molar-refractivity contribution in [2.45, 2.75) is 38.5 Å². The molecule has 0 fully saturated rings. The summed E-state index contributed by atoms with van der Waals surface area (Å²) >= 11 is 0. The van der Waals surface area contributed by atoms with Crippen LogP contribution in [0.15, 0.2) is 30.3 Å². The summed E-state index contributed by atoms with van der Waals surface area (Å²) in [6, 6.07) is 10.2. The molecule has 0 aliphatic heterocycles. The molecule has 0 aliphatic carbocycles. The first kappa shape index (κ1) is 13.4. The van der Waals surface area contributed by atoms with Gasteiger partial charge in [-0.25, -0.2) is 0 Å². The lowest BCUT2D eigenvalue weighted by Gasteiger charge is -2.36. The Balaban J connectivity index is 2.80. The van der Waals surface area contributed by atoms with Gasteiger partial charge in [0.05, 0.1) is 0 Å². The lowest BCUT2D eigenvalue weighted by atomic mass is 10.1. The maximum atomic E-state index is 12.5. The van der Waals surface area contributed by atoms with Crippen molar-refractivity contribution in [2.75, 3.05) is 6.26 Å². The molecule has 1 N–H and O–H groups in total. The monoisotopic (exact) mass is 241 g/mol. The largest absolute Gasteiger partial charge is 0.271 e. The molecule has 0 saturated heterocycles. The van der Waals surface area contributed by atoms with Crippen LogP contribution in [-0.4, -0.2) is 15.2 Å². The van der Waals surface area contributed by atoms with Crippen LogP contribution in [0.1, 0.15) is 39.3 Å². The summed E-state index contributed by atoms with van der Waals surface area (Å²) in [6.45, 7) is 8.09. The Hall–Kier alpha value is -0.670. The molecule has 92 valence electrons. The molecule has 1 atom stereocenters. The number of rotatable bonds is 3. The maximum absolute atomic E-state index is 12.5. The van der Waals surface area contributed by atoms with Gasteiger partial charge in [-0.1, -0.05) is 40.5 Å². The third kappa shape index (κ3) is 3.16. The van der Waals surface area contributed by atoms with Gasteiger partial charge in [0, 0.05) is 17.0 Å². The average molecular weight is 241 g/mol. The summed E-state index contributed by atoms with van der Waals surface area (Å²) in [5.41, 5.74) is 1.17. The van der Waals surface area contributed by atoms with E-state index in [0.29, 0.717) is 0 Å². The van der Waals surface area contributed by atoms with Crippen LogP contribution in [0.5, 0.6) is 0 Å². The molecule has 0 heterocycles. The zero-order valence-electron chi connectivity index (χ0n) is 10.8. The fraction of sp³-hybridized carbons (Fsp3) is 0.538. The molecular formula is C13H23NOS. The van der Waals surface area contributed by atoms with Gasteiger partial charge in [-0.2, -0.15) is 0 Å². The van der Waals surface area contributed by atoms with Gasteiger partial charge in [0.2, 0.25) is 0 Å². The molecule has 3 heteroatoms. The van der Waals surface area contributed by atoms with Gasteiger partial charge in [-0.15, -0.1) is 0 Å². The molecule has 0 aliphatic rings. The van der Waals surface area contributed by atoms with Crippen molar-refractivity contribution in [3.63, 3.8) is 0 Å². The fourth-order valence-electron chi connectivity index (χ4n) is 1.38. The van der Waals surface area contributed by atoms with Crippen LogP contribution in [0.4, 0.5) is 0 Å². The molecule has 0 aromatic heterocycles. The lowest BCUT2D eigenvalue weighted by Crippen LogP contribution is -2.46. The number of benzene rings is 1.